The van der Waals surface area contributed by atoms with Crippen LogP contribution in [0.4, 0.5) is 0 Å². The first-order chi connectivity index (χ1) is 6.20. The predicted molar refractivity (Wildman–Crippen MR) is 52.6 cm³/mol. The fourth-order valence-electron chi connectivity index (χ4n) is 2.06. The number of rotatable bonds is 1. The van der Waals surface area contributed by atoms with E-state index in [1.165, 1.54) is 30.9 Å². The summed E-state index contributed by atoms with van der Waals surface area (Å²) in [5.41, 5.74) is 1.25. The average Bonchev–Trinajstić information content (AvgIpc) is 2.62. The zero-order valence-electron chi connectivity index (χ0n) is 8.62. The Hall–Kier alpha value is -0.830. The maximum Gasteiger partial charge on any atom is 0.126 e. The Kier molecular flexibility index (Phi) is 2.12. The minimum atomic E-state index is 0.540. The van der Waals surface area contributed by atoms with Crippen molar-refractivity contribution in [2.75, 3.05) is 13.6 Å². The van der Waals surface area contributed by atoms with Gasteiger partial charge in [-0.2, -0.15) is 0 Å². The van der Waals surface area contributed by atoms with E-state index in [0.717, 1.165) is 0 Å². The van der Waals surface area contributed by atoms with Gasteiger partial charge in [0.15, 0.2) is 0 Å². The van der Waals surface area contributed by atoms with Crippen LogP contribution in [-0.2, 0) is 7.05 Å². The maximum absolute atomic E-state index is 4.47. The number of likely N-dealkylation sites (tertiary alicyclic amines) is 1. The van der Waals surface area contributed by atoms with Crippen LogP contribution < -0.4 is 0 Å². The Morgan fingerprint density at radius 2 is 2.23 bits per heavy atom. The Morgan fingerprint density at radius 1 is 1.46 bits per heavy atom. The molecule has 72 valence electrons. The molecule has 0 unspecified atom stereocenters. The first-order valence-corrected chi connectivity index (χ1v) is 4.88. The number of aryl methyl sites for hydroxylation is 1. The van der Waals surface area contributed by atoms with Crippen LogP contribution in [0.2, 0.25) is 0 Å². The van der Waals surface area contributed by atoms with E-state index in [2.05, 4.69) is 35.5 Å². The standard InChI is InChI=1S/C10H17N3/c1-8-7-11-10(13(8)3)9-5-4-6-12(9)2/h7,9H,4-6H2,1-3H3/t9-/m0/s1. The van der Waals surface area contributed by atoms with E-state index in [9.17, 15) is 0 Å². The van der Waals surface area contributed by atoms with Crippen molar-refractivity contribution in [2.24, 2.45) is 7.05 Å². The highest BCUT2D eigenvalue weighted by Crippen LogP contribution is 2.29. The molecule has 0 radical (unpaired) electrons. The molecule has 0 aromatic carbocycles. The van der Waals surface area contributed by atoms with Crippen molar-refractivity contribution in [1.82, 2.24) is 14.5 Å². The SMILES string of the molecule is Cc1cnc([C@@H]2CCCN2C)n1C. The highest BCUT2D eigenvalue weighted by Gasteiger charge is 2.25. The molecule has 1 aliphatic heterocycles. The molecule has 1 saturated heterocycles. The van der Waals surface area contributed by atoms with Crippen LogP contribution >= 0.6 is 0 Å². The first-order valence-electron chi connectivity index (χ1n) is 4.88. The molecule has 0 amide bonds. The quantitative estimate of drug-likeness (QED) is 0.651. The van der Waals surface area contributed by atoms with Gasteiger partial charge in [0.25, 0.3) is 0 Å². The lowest BCUT2D eigenvalue weighted by Gasteiger charge is -2.18. The van der Waals surface area contributed by atoms with Crippen LogP contribution in [-0.4, -0.2) is 28.0 Å². The smallest absolute Gasteiger partial charge is 0.126 e. The lowest BCUT2D eigenvalue weighted by Crippen LogP contribution is -2.20. The Bertz CT molecular complexity index is 303. The van der Waals surface area contributed by atoms with E-state index >= 15 is 0 Å². The number of hydrogen-bond acceptors (Lipinski definition) is 2. The van der Waals surface area contributed by atoms with E-state index in [-0.39, 0.29) is 0 Å². The van der Waals surface area contributed by atoms with Gasteiger partial charge in [-0.3, -0.25) is 4.90 Å². The molecule has 3 nitrogen and oxygen atoms in total. The molecule has 2 rings (SSSR count). The molecule has 1 aromatic heterocycles. The molecule has 0 spiro atoms. The molecule has 0 N–H and O–H groups in total. The van der Waals surface area contributed by atoms with Gasteiger partial charge in [-0.1, -0.05) is 0 Å². The second kappa shape index (κ2) is 3.14. The molecule has 2 heterocycles. The van der Waals surface area contributed by atoms with E-state index in [1.807, 2.05) is 6.20 Å². The molecular formula is C10H17N3. The molecule has 0 aliphatic carbocycles. The third-order valence-corrected chi connectivity index (χ3v) is 3.07. The second-order valence-corrected chi connectivity index (χ2v) is 3.96. The summed E-state index contributed by atoms with van der Waals surface area (Å²) in [5.74, 6) is 1.22. The highest BCUT2D eigenvalue weighted by molar-refractivity contribution is 5.07. The maximum atomic E-state index is 4.47. The van der Waals surface area contributed by atoms with Crippen LogP contribution in [0.15, 0.2) is 6.20 Å². The van der Waals surface area contributed by atoms with Crippen molar-refractivity contribution in [1.29, 1.82) is 0 Å². The van der Waals surface area contributed by atoms with Crippen LogP contribution in [0.5, 0.6) is 0 Å². The van der Waals surface area contributed by atoms with Crippen LogP contribution in [0, 0.1) is 6.92 Å². The zero-order chi connectivity index (χ0) is 9.42. The summed E-state index contributed by atoms with van der Waals surface area (Å²) in [6.45, 7) is 3.31. The van der Waals surface area contributed by atoms with Gasteiger partial charge in [-0.25, -0.2) is 4.98 Å². The Labute approximate surface area is 79.4 Å². The van der Waals surface area contributed by atoms with E-state index in [4.69, 9.17) is 0 Å². The number of imidazole rings is 1. The highest BCUT2D eigenvalue weighted by atomic mass is 15.2. The van der Waals surface area contributed by atoms with Crippen molar-refractivity contribution >= 4 is 0 Å². The van der Waals surface area contributed by atoms with Crippen molar-refractivity contribution < 1.29 is 0 Å². The number of nitrogens with zero attached hydrogens (tertiary/aromatic N) is 3. The molecule has 1 aromatic rings. The van der Waals surface area contributed by atoms with E-state index in [0.29, 0.717) is 6.04 Å². The van der Waals surface area contributed by atoms with Crippen LogP contribution in [0.3, 0.4) is 0 Å². The van der Waals surface area contributed by atoms with Gasteiger partial charge in [0.2, 0.25) is 0 Å². The summed E-state index contributed by atoms with van der Waals surface area (Å²) in [7, 11) is 4.28. The Morgan fingerprint density at radius 3 is 2.69 bits per heavy atom. The van der Waals surface area contributed by atoms with Crippen LogP contribution in [0.1, 0.15) is 30.4 Å². The average molecular weight is 179 g/mol. The van der Waals surface area contributed by atoms with Crippen molar-refractivity contribution in [3.63, 3.8) is 0 Å². The predicted octanol–water partition coefficient (Wildman–Crippen LogP) is 1.50. The molecule has 0 bridgehead atoms. The van der Waals surface area contributed by atoms with Crippen molar-refractivity contribution in [3.8, 4) is 0 Å². The zero-order valence-corrected chi connectivity index (χ0v) is 8.62. The van der Waals surface area contributed by atoms with E-state index < -0.39 is 0 Å². The summed E-state index contributed by atoms with van der Waals surface area (Å²) in [4.78, 5) is 6.86. The lowest BCUT2D eigenvalue weighted by molar-refractivity contribution is 0.300. The number of hydrogen-bond donors (Lipinski definition) is 0. The molecule has 1 fully saturated rings. The van der Waals surface area contributed by atoms with Gasteiger partial charge in [-0.05, 0) is 33.4 Å². The monoisotopic (exact) mass is 179 g/mol. The van der Waals surface area contributed by atoms with Gasteiger partial charge in [0, 0.05) is 18.9 Å². The fourth-order valence-corrected chi connectivity index (χ4v) is 2.06. The molecule has 1 aliphatic rings. The number of aromatic nitrogens is 2. The molecule has 13 heavy (non-hydrogen) atoms. The normalized spacial score (nSPS) is 24.1. The minimum Gasteiger partial charge on any atom is -0.334 e. The van der Waals surface area contributed by atoms with Crippen molar-refractivity contribution in [2.45, 2.75) is 25.8 Å². The minimum absolute atomic E-state index is 0.540. The van der Waals surface area contributed by atoms with Crippen LogP contribution in [0.25, 0.3) is 0 Å². The molecule has 3 heteroatoms. The van der Waals surface area contributed by atoms with Gasteiger partial charge >= 0.3 is 0 Å². The summed E-state index contributed by atoms with van der Waals surface area (Å²) in [6.07, 6.45) is 4.51. The second-order valence-electron chi connectivity index (χ2n) is 3.96. The summed E-state index contributed by atoms with van der Waals surface area (Å²) in [6, 6.07) is 0.540. The third kappa shape index (κ3) is 1.37. The molecule has 0 saturated carbocycles. The largest absolute Gasteiger partial charge is 0.334 e. The van der Waals surface area contributed by atoms with E-state index in [1.54, 1.807) is 0 Å². The summed E-state index contributed by atoms with van der Waals surface area (Å²) in [5, 5.41) is 0. The van der Waals surface area contributed by atoms with Gasteiger partial charge < -0.3 is 4.57 Å². The molecule has 1 atom stereocenters. The van der Waals surface area contributed by atoms with Crippen molar-refractivity contribution in [3.05, 3.63) is 17.7 Å². The third-order valence-electron chi connectivity index (χ3n) is 3.07. The Balaban J connectivity index is 2.29. The van der Waals surface area contributed by atoms with Gasteiger partial charge in [0.05, 0.1) is 6.04 Å². The molecular weight excluding hydrogens is 162 g/mol. The lowest BCUT2D eigenvalue weighted by atomic mass is 10.2. The topological polar surface area (TPSA) is 21.1 Å². The summed E-state index contributed by atoms with van der Waals surface area (Å²) < 4.78 is 2.20. The van der Waals surface area contributed by atoms with Gasteiger partial charge in [0.1, 0.15) is 5.82 Å². The first kappa shape index (κ1) is 8.75. The summed E-state index contributed by atoms with van der Waals surface area (Å²) >= 11 is 0. The fraction of sp³-hybridized carbons (Fsp3) is 0.700. The van der Waals surface area contributed by atoms with Gasteiger partial charge in [-0.15, -0.1) is 0 Å².